The van der Waals surface area contributed by atoms with E-state index < -0.39 is 0 Å². The predicted octanol–water partition coefficient (Wildman–Crippen LogP) is 2.25. The molecule has 1 aliphatic rings. The summed E-state index contributed by atoms with van der Waals surface area (Å²) in [4.78, 5) is 18.7. The van der Waals surface area contributed by atoms with Crippen LogP contribution >= 0.6 is 0 Å². The molecule has 1 aromatic carbocycles. The topological polar surface area (TPSA) is 80.3 Å². The summed E-state index contributed by atoms with van der Waals surface area (Å²) in [6.07, 6.45) is 4.42. The Morgan fingerprint density at radius 3 is 3.00 bits per heavy atom. The Labute approximate surface area is 141 Å². The van der Waals surface area contributed by atoms with Crippen LogP contribution < -0.4 is 9.47 Å². The molecular formula is C17H22N4O3. The number of carbonyl (C=O) groups excluding carboxylic acids is 1. The fraction of sp³-hybridized carbons (Fsp3) is 0.471. The van der Waals surface area contributed by atoms with Gasteiger partial charge >= 0.3 is 0 Å². The molecule has 7 nitrogen and oxygen atoms in total. The van der Waals surface area contributed by atoms with Crippen molar-refractivity contribution >= 4 is 5.91 Å². The molecule has 0 spiro atoms. The second kappa shape index (κ2) is 7.33. The van der Waals surface area contributed by atoms with E-state index in [1.165, 1.54) is 6.33 Å². The fourth-order valence-electron chi connectivity index (χ4n) is 3.01. The molecule has 1 atom stereocenters. The van der Waals surface area contributed by atoms with E-state index in [4.69, 9.17) is 9.47 Å². The Balaban J connectivity index is 1.67. The Morgan fingerprint density at radius 1 is 1.38 bits per heavy atom. The second-order valence-corrected chi connectivity index (χ2v) is 5.91. The van der Waals surface area contributed by atoms with Gasteiger partial charge in [0.2, 0.25) is 0 Å². The third-order valence-electron chi connectivity index (χ3n) is 4.24. The number of ether oxygens (including phenoxy) is 2. The number of hydrogen-bond acceptors (Lipinski definition) is 5. The lowest BCUT2D eigenvalue weighted by molar-refractivity contribution is -0.137. The molecule has 1 saturated heterocycles. The summed E-state index contributed by atoms with van der Waals surface area (Å²) < 4.78 is 11.0. The number of nitrogens with one attached hydrogen (secondary N) is 1. The highest BCUT2D eigenvalue weighted by Gasteiger charge is 2.30. The number of amides is 1. The van der Waals surface area contributed by atoms with Gasteiger partial charge in [-0.05, 0) is 43.9 Å². The highest BCUT2D eigenvalue weighted by atomic mass is 16.5. The number of benzene rings is 1. The molecule has 0 aliphatic carbocycles. The quantitative estimate of drug-likeness (QED) is 0.909. The lowest BCUT2D eigenvalue weighted by atomic mass is 10.0. The second-order valence-electron chi connectivity index (χ2n) is 5.91. The van der Waals surface area contributed by atoms with Crippen LogP contribution in [0.4, 0.5) is 0 Å². The van der Waals surface area contributed by atoms with E-state index in [1.54, 1.807) is 7.11 Å². The number of aryl methyl sites for hydroxylation is 1. The van der Waals surface area contributed by atoms with Crippen molar-refractivity contribution in [1.82, 2.24) is 20.1 Å². The highest BCUT2D eigenvalue weighted by molar-refractivity contribution is 5.78. The molecule has 2 heterocycles. The van der Waals surface area contributed by atoms with E-state index in [0.717, 1.165) is 30.7 Å². The van der Waals surface area contributed by atoms with Gasteiger partial charge in [0.25, 0.3) is 5.91 Å². The van der Waals surface area contributed by atoms with Gasteiger partial charge in [-0.1, -0.05) is 6.07 Å². The zero-order chi connectivity index (χ0) is 16.9. The normalized spacial score (nSPS) is 17.6. The number of aromatic nitrogens is 3. The van der Waals surface area contributed by atoms with Crippen LogP contribution in [0.25, 0.3) is 0 Å². The number of nitrogens with zero attached hydrogens (tertiary/aromatic N) is 3. The number of aromatic amines is 1. The molecule has 0 saturated carbocycles. The van der Waals surface area contributed by atoms with Gasteiger partial charge in [-0.25, -0.2) is 4.98 Å². The lowest BCUT2D eigenvalue weighted by Crippen LogP contribution is -2.41. The molecule has 2 aromatic rings. The van der Waals surface area contributed by atoms with Gasteiger partial charge in [-0.15, -0.1) is 0 Å². The molecule has 0 radical (unpaired) electrons. The number of methoxy groups -OCH3 is 1. The maximum atomic E-state index is 12.6. The first-order valence-electron chi connectivity index (χ1n) is 8.11. The van der Waals surface area contributed by atoms with Gasteiger partial charge in [-0.3, -0.25) is 9.89 Å². The third-order valence-corrected chi connectivity index (χ3v) is 4.24. The number of rotatable bonds is 5. The Morgan fingerprint density at radius 2 is 2.25 bits per heavy atom. The van der Waals surface area contributed by atoms with E-state index >= 15 is 0 Å². The maximum Gasteiger partial charge on any atom is 0.261 e. The summed E-state index contributed by atoms with van der Waals surface area (Å²) in [5.41, 5.74) is 1.08. The van der Waals surface area contributed by atoms with Crippen LogP contribution in [0.15, 0.2) is 24.5 Å². The number of piperidine rings is 1. The number of carbonyl (C=O) groups is 1. The number of hydrogen-bond donors (Lipinski definition) is 1. The third kappa shape index (κ3) is 3.50. The molecule has 1 aliphatic heterocycles. The van der Waals surface area contributed by atoms with E-state index in [0.29, 0.717) is 18.0 Å². The smallest absolute Gasteiger partial charge is 0.261 e. The Bertz CT molecular complexity index is 687. The first kappa shape index (κ1) is 16.3. The summed E-state index contributed by atoms with van der Waals surface area (Å²) in [7, 11) is 1.59. The van der Waals surface area contributed by atoms with Gasteiger partial charge in [0, 0.05) is 6.54 Å². The molecule has 1 aromatic heterocycles. The van der Waals surface area contributed by atoms with Crippen LogP contribution in [-0.4, -0.2) is 46.2 Å². The minimum atomic E-state index is -0.0581. The number of H-pyrrole nitrogens is 1. The van der Waals surface area contributed by atoms with Gasteiger partial charge in [0.1, 0.15) is 12.2 Å². The van der Waals surface area contributed by atoms with Gasteiger partial charge in [-0.2, -0.15) is 5.10 Å². The van der Waals surface area contributed by atoms with Crippen molar-refractivity contribution in [3.63, 3.8) is 0 Å². The highest BCUT2D eigenvalue weighted by Crippen LogP contribution is 2.30. The molecule has 3 rings (SSSR count). The minimum absolute atomic E-state index is 0.0238. The van der Waals surface area contributed by atoms with Crippen LogP contribution in [0.5, 0.6) is 11.5 Å². The van der Waals surface area contributed by atoms with E-state index in [1.807, 2.05) is 30.0 Å². The first-order valence-corrected chi connectivity index (χ1v) is 8.11. The van der Waals surface area contributed by atoms with Crippen LogP contribution in [0, 0.1) is 6.92 Å². The van der Waals surface area contributed by atoms with E-state index in [9.17, 15) is 4.79 Å². The van der Waals surface area contributed by atoms with Crippen LogP contribution in [0.3, 0.4) is 0 Å². The SMILES string of the molecule is COc1cc(C)ccc1OCC(=O)N1CCCC[C@@H]1c1ncn[nH]1. The predicted molar refractivity (Wildman–Crippen MR) is 87.9 cm³/mol. The van der Waals surface area contributed by atoms with Gasteiger partial charge < -0.3 is 14.4 Å². The average molecular weight is 330 g/mol. The van der Waals surface area contributed by atoms with Crippen molar-refractivity contribution in [3.05, 3.63) is 35.9 Å². The Hall–Kier alpha value is -2.57. The zero-order valence-corrected chi connectivity index (χ0v) is 14.0. The monoisotopic (exact) mass is 330 g/mol. The molecule has 1 amide bonds. The largest absolute Gasteiger partial charge is 0.493 e. The lowest BCUT2D eigenvalue weighted by Gasteiger charge is -2.34. The van der Waals surface area contributed by atoms with Crippen LogP contribution in [0.1, 0.15) is 36.7 Å². The molecule has 1 N–H and O–H groups in total. The summed E-state index contributed by atoms with van der Waals surface area (Å²) >= 11 is 0. The molecule has 24 heavy (non-hydrogen) atoms. The molecule has 1 fully saturated rings. The van der Waals surface area contributed by atoms with Crippen LogP contribution in [0.2, 0.25) is 0 Å². The number of likely N-dealkylation sites (tertiary alicyclic amines) is 1. The molecule has 0 unspecified atom stereocenters. The van der Waals surface area contributed by atoms with Crippen molar-refractivity contribution in [3.8, 4) is 11.5 Å². The Kier molecular flexibility index (Phi) is 4.98. The first-order chi connectivity index (χ1) is 11.7. The molecule has 128 valence electrons. The molecular weight excluding hydrogens is 308 g/mol. The summed E-state index contributed by atoms with van der Waals surface area (Å²) in [5.74, 6) is 1.88. The maximum absolute atomic E-state index is 12.6. The zero-order valence-electron chi connectivity index (χ0n) is 14.0. The van der Waals surface area contributed by atoms with E-state index in [2.05, 4.69) is 15.2 Å². The molecule has 0 bridgehead atoms. The van der Waals surface area contributed by atoms with Gasteiger partial charge in [0.05, 0.1) is 13.2 Å². The van der Waals surface area contributed by atoms with Crippen molar-refractivity contribution in [2.24, 2.45) is 0 Å². The summed E-state index contributed by atoms with van der Waals surface area (Å²) in [6, 6.07) is 5.58. The molecule has 7 heteroatoms. The summed E-state index contributed by atoms with van der Waals surface area (Å²) in [5, 5.41) is 6.77. The van der Waals surface area contributed by atoms with Crippen molar-refractivity contribution in [1.29, 1.82) is 0 Å². The van der Waals surface area contributed by atoms with Gasteiger partial charge in [0.15, 0.2) is 18.1 Å². The van der Waals surface area contributed by atoms with Crippen molar-refractivity contribution in [2.45, 2.75) is 32.2 Å². The standard InChI is InChI=1S/C17H22N4O3/c1-12-6-7-14(15(9-12)23-2)24-10-16(22)21-8-4-3-5-13(21)17-18-11-19-20-17/h6-7,9,11,13H,3-5,8,10H2,1-2H3,(H,18,19,20)/t13-/m1/s1. The average Bonchev–Trinajstić information content (AvgIpc) is 3.14. The summed E-state index contributed by atoms with van der Waals surface area (Å²) in [6.45, 7) is 2.66. The fourth-order valence-corrected chi connectivity index (χ4v) is 3.01. The minimum Gasteiger partial charge on any atom is -0.493 e. The van der Waals surface area contributed by atoms with Crippen LogP contribution in [-0.2, 0) is 4.79 Å². The van der Waals surface area contributed by atoms with Crippen molar-refractivity contribution in [2.75, 3.05) is 20.3 Å². The van der Waals surface area contributed by atoms with Crippen molar-refractivity contribution < 1.29 is 14.3 Å². The van der Waals surface area contributed by atoms with E-state index in [-0.39, 0.29) is 18.6 Å².